The maximum Gasteiger partial charge on any atom is 0.0157 e. The Bertz CT molecular complexity index is 187. The van der Waals surface area contributed by atoms with E-state index in [0.29, 0.717) is 0 Å². The summed E-state index contributed by atoms with van der Waals surface area (Å²) in [7, 11) is 0. The molecule has 0 aliphatic rings. The molecule has 0 atom stereocenters. The van der Waals surface area contributed by atoms with Gasteiger partial charge in [0.1, 0.15) is 0 Å². The van der Waals surface area contributed by atoms with Crippen molar-refractivity contribution >= 4 is 17.1 Å². The number of rotatable bonds is 1. The molecule has 1 heteroatoms. The van der Waals surface area contributed by atoms with E-state index in [-0.39, 0.29) is 5.41 Å². The first-order chi connectivity index (χ1) is 4.76. The lowest BCUT2D eigenvalue weighted by Crippen LogP contribution is -2.15. The van der Waals surface area contributed by atoms with E-state index >= 15 is 0 Å². The van der Waals surface area contributed by atoms with Crippen molar-refractivity contribution in [2.75, 3.05) is 0 Å². The summed E-state index contributed by atoms with van der Waals surface area (Å²) in [6.45, 7) is 12.8. The largest absolute Gasteiger partial charge is 0.0849 e. The Kier molecular flexibility index (Phi) is 3.43. The first-order valence-electron chi connectivity index (χ1n) is 3.95. The van der Waals surface area contributed by atoms with Crippen LogP contribution in [0.15, 0.2) is 11.1 Å². The molecule has 0 spiro atoms. The van der Waals surface area contributed by atoms with Crippen LogP contribution in [0, 0.1) is 5.41 Å². The van der Waals surface area contributed by atoms with Crippen molar-refractivity contribution in [3.05, 3.63) is 11.1 Å². The molecule has 0 nitrogen and oxygen atoms in total. The second kappa shape index (κ2) is 3.48. The van der Waals surface area contributed by atoms with E-state index in [9.17, 15) is 0 Å². The molecule has 0 aromatic carbocycles. The molecule has 0 saturated carbocycles. The third-order valence-electron chi connectivity index (χ3n) is 1.60. The fourth-order valence-corrected chi connectivity index (χ4v) is 2.14. The highest BCUT2D eigenvalue weighted by Crippen LogP contribution is 2.29. The summed E-state index contributed by atoms with van der Waals surface area (Å²) in [5.74, 6) is 0. The van der Waals surface area contributed by atoms with Gasteiger partial charge >= 0.3 is 0 Å². The Balaban J connectivity index is 4.96. The van der Waals surface area contributed by atoms with Crippen LogP contribution >= 0.6 is 12.2 Å². The van der Waals surface area contributed by atoms with Gasteiger partial charge in [0, 0.05) is 4.86 Å². The smallest absolute Gasteiger partial charge is 0.0157 e. The van der Waals surface area contributed by atoms with Crippen molar-refractivity contribution in [1.29, 1.82) is 0 Å². The molecule has 0 aromatic rings. The predicted octanol–water partition coefficient (Wildman–Crippen LogP) is 3.76. The van der Waals surface area contributed by atoms with Gasteiger partial charge in [-0.3, -0.25) is 0 Å². The first-order valence-corrected chi connectivity index (χ1v) is 4.36. The first kappa shape index (κ1) is 10.8. The molecule has 0 rings (SSSR count). The third-order valence-corrected chi connectivity index (χ3v) is 1.81. The zero-order valence-corrected chi connectivity index (χ0v) is 9.22. The molecule has 0 fully saturated rings. The molecular weight excluding hydrogens is 152 g/mol. The van der Waals surface area contributed by atoms with Gasteiger partial charge in [-0.25, -0.2) is 0 Å². The van der Waals surface area contributed by atoms with Crippen molar-refractivity contribution in [1.82, 2.24) is 0 Å². The molecule has 64 valence electrons. The standard InChI is InChI=1S/C10H18S/c1-7(2)9(8(3)11)10(4,5)6/h1-6H3. The van der Waals surface area contributed by atoms with Crippen molar-refractivity contribution in [3.8, 4) is 0 Å². The number of thiocarbonyl (C=S) groups is 1. The third kappa shape index (κ3) is 3.15. The minimum Gasteiger partial charge on any atom is -0.0849 e. The van der Waals surface area contributed by atoms with Gasteiger partial charge in [0.25, 0.3) is 0 Å². The normalized spacial score (nSPS) is 11.1. The van der Waals surface area contributed by atoms with Crippen LogP contribution in [0.2, 0.25) is 0 Å². The summed E-state index contributed by atoms with van der Waals surface area (Å²) >= 11 is 5.18. The average Bonchev–Trinajstić information content (AvgIpc) is 1.54. The number of allylic oxidation sites excluding steroid dienone is 2. The van der Waals surface area contributed by atoms with E-state index in [0.717, 1.165) is 4.86 Å². The lowest BCUT2D eigenvalue weighted by Gasteiger charge is -2.24. The van der Waals surface area contributed by atoms with Gasteiger partial charge < -0.3 is 0 Å². The molecule has 0 aliphatic heterocycles. The van der Waals surface area contributed by atoms with E-state index < -0.39 is 0 Å². The molecule has 0 aliphatic carbocycles. The minimum atomic E-state index is 0.199. The highest BCUT2D eigenvalue weighted by molar-refractivity contribution is 7.80. The zero-order valence-electron chi connectivity index (χ0n) is 8.41. The lowest BCUT2D eigenvalue weighted by atomic mass is 9.82. The van der Waals surface area contributed by atoms with Crippen molar-refractivity contribution in [3.63, 3.8) is 0 Å². The number of hydrogen-bond acceptors (Lipinski definition) is 1. The summed E-state index contributed by atoms with van der Waals surface area (Å²) in [4.78, 5) is 1.03. The van der Waals surface area contributed by atoms with Crippen LogP contribution < -0.4 is 0 Å². The molecule has 0 radical (unpaired) electrons. The zero-order chi connectivity index (χ0) is 9.23. The van der Waals surface area contributed by atoms with Crippen molar-refractivity contribution < 1.29 is 0 Å². The highest BCUT2D eigenvalue weighted by Gasteiger charge is 2.19. The van der Waals surface area contributed by atoms with Crippen LogP contribution in [0.25, 0.3) is 0 Å². The Morgan fingerprint density at radius 2 is 1.36 bits per heavy atom. The monoisotopic (exact) mass is 170 g/mol. The van der Waals surface area contributed by atoms with Gasteiger partial charge in [-0.1, -0.05) is 38.6 Å². The van der Waals surface area contributed by atoms with E-state index in [1.165, 1.54) is 11.1 Å². The Labute approximate surface area is 75.7 Å². The van der Waals surface area contributed by atoms with Gasteiger partial charge in [0.05, 0.1) is 0 Å². The second-order valence-corrected chi connectivity index (χ2v) is 4.79. The lowest BCUT2D eigenvalue weighted by molar-refractivity contribution is 0.520. The second-order valence-electron chi connectivity index (χ2n) is 4.18. The van der Waals surface area contributed by atoms with E-state index in [4.69, 9.17) is 12.2 Å². The Morgan fingerprint density at radius 1 is 1.00 bits per heavy atom. The van der Waals surface area contributed by atoms with E-state index in [1.54, 1.807) is 0 Å². The molecule has 0 heterocycles. The molecule has 0 aromatic heterocycles. The summed E-state index contributed by atoms with van der Waals surface area (Å²) < 4.78 is 0. The molecule has 0 saturated heterocycles. The van der Waals surface area contributed by atoms with Gasteiger partial charge in [-0.2, -0.15) is 0 Å². The quantitative estimate of drug-likeness (QED) is 0.426. The number of hydrogen-bond donors (Lipinski definition) is 0. The highest BCUT2D eigenvalue weighted by atomic mass is 32.1. The van der Waals surface area contributed by atoms with Crippen molar-refractivity contribution in [2.24, 2.45) is 5.41 Å². The maximum absolute atomic E-state index is 5.18. The van der Waals surface area contributed by atoms with E-state index in [1.807, 2.05) is 6.92 Å². The Morgan fingerprint density at radius 3 is 1.36 bits per heavy atom. The summed E-state index contributed by atoms with van der Waals surface area (Å²) in [6, 6.07) is 0. The van der Waals surface area contributed by atoms with E-state index in [2.05, 4.69) is 34.6 Å². The van der Waals surface area contributed by atoms with Crippen LogP contribution in [0.1, 0.15) is 41.5 Å². The van der Waals surface area contributed by atoms with Gasteiger partial charge in [-0.15, -0.1) is 0 Å². The molecular formula is C10H18S. The van der Waals surface area contributed by atoms with Crippen molar-refractivity contribution in [2.45, 2.75) is 41.5 Å². The molecule has 0 bridgehead atoms. The Hall–Kier alpha value is -0.170. The van der Waals surface area contributed by atoms with Gasteiger partial charge in [0.2, 0.25) is 0 Å². The summed E-state index contributed by atoms with van der Waals surface area (Å²) in [5.41, 5.74) is 2.86. The molecule has 11 heavy (non-hydrogen) atoms. The van der Waals surface area contributed by atoms with Crippen LogP contribution in [0.5, 0.6) is 0 Å². The van der Waals surface area contributed by atoms with Gasteiger partial charge in [-0.05, 0) is 31.8 Å². The fourth-order valence-electron chi connectivity index (χ4n) is 1.63. The van der Waals surface area contributed by atoms with Crippen LogP contribution in [0.3, 0.4) is 0 Å². The average molecular weight is 170 g/mol. The fraction of sp³-hybridized carbons (Fsp3) is 0.700. The molecule has 0 N–H and O–H groups in total. The summed E-state index contributed by atoms with van der Waals surface area (Å²) in [5, 5.41) is 0. The topological polar surface area (TPSA) is 0 Å². The van der Waals surface area contributed by atoms with Crippen LogP contribution in [-0.4, -0.2) is 4.86 Å². The minimum absolute atomic E-state index is 0.199. The van der Waals surface area contributed by atoms with Crippen LogP contribution in [0.4, 0.5) is 0 Å². The predicted molar refractivity (Wildman–Crippen MR) is 56.1 cm³/mol. The molecule has 0 amide bonds. The van der Waals surface area contributed by atoms with Crippen LogP contribution in [-0.2, 0) is 0 Å². The summed E-state index contributed by atoms with van der Waals surface area (Å²) in [6.07, 6.45) is 0. The SMILES string of the molecule is CC(=S)C(=C(C)C)C(C)(C)C. The maximum atomic E-state index is 5.18. The molecule has 0 unspecified atom stereocenters. The van der Waals surface area contributed by atoms with Gasteiger partial charge in [0.15, 0.2) is 0 Å².